The van der Waals surface area contributed by atoms with Gasteiger partial charge in [-0.25, -0.2) is 0 Å². The molecule has 1 fully saturated rings. The van der Waals surface area contributed by atoms with Gasteiger partial charge in [0.25, 0.3) is 5.56 Å². The van der Waals surface area contributed by atoms with E-state index in [1.165, 1.54) is 0 Å². The van der Waals surface area contributed by atoms with E-state index in [0.717, 1.165) is 18.5 Å². The van der Waals surface area contributed by atoms with E-state index >= 15 is 0 Å². The molecule has 1 unspecified atom stereocenters. The third kappa shape index (κ3) is 2.69. The van der Waals surface area contributed by atoms with Gasteiger partial charge >= 0.3 is 0 Å². The molecule has 1 aromatic carbocycles. The molecule has 0 saturated heterocycles. The van der Waals surface area contributed by atoms with Gasteiger partial charge in [0, 0.05) is 17.8 Å². The van der Waals surface area contributed by atoms with Crippen LogP contribution in [0.3, 0.4) is 0 Å². The van der Waals surface area contributed by atoms with Gasteiger partial charge in [0.15, 0.2) is 11.5 Å². The summed E-state index contributed by atoms with van der Waals surface area (Å²) in [6.07, 6.45) is 1.95. The number of nitrogens with zero attached hydrogens (tertiary/aromatic N) is 2. The number of fused-ring (bicyclic) bond motifs is 1. The second-order valence-electron chi connectivity index (χ2n) is 7.01. The van der Waals surface area contributed by atoms with E-state index in [-0.39, 0.29) is 23.1 Å². The molecule has 2 aromatic rings. The summed E-state index contributed by atoms with van der Waals surface area (Å²) in [4.78, 5) is 13.4. The molecule has 7 nitrogen and oxygen atoms in total. The Bertz CT molecular complexity index is 1090. The second kappa shape index (κ2) is 6.64. The molecule has 28 heavy (non-hydrogen) atoms. The van der Waals surface area contributed by atoms with E-state index in [1.807, 2.05) is 19.1 Å². The smallest absolute Gasteiger partial charge is 0.258 e. The summed E-state index contributed by atoms with van der Waals surface area (Å²) in [5.74, 6) is 0.854. The normalized spacial score (nSPS) is 18.1. The Kier molecular flexibility index (Phi) is 4.27. The van der Waals surface area contributed by atoms with Crippen molar-refractivity contribution in [3.05, 3.63) is 62.9 Å². The Labute approximate surface area is 162 Å². The molecule has 4 rings (SSSR count). The van der Waals surface area contributed by atoms with Crippen LogP contribution in [0.2, 0.25) is 0 Å². The Morgan fingerprint density at radius 2 is 1.93 bits per heavy atom. The van der Waals surface area contributed by atoms with Crippen LogP contribution in [0.1, 0.15) is 41.6 Å². The van der Waals surface area contributed by atoms with Crippen molar-refractivity contribution < 1.29 is 14.2 Å². The van der Waals surface area contributed by atoms with Gasteiger partial charge < -0.3 is 24.5 Å². The number of aromatic nitrogens is 1. The summed E-state index contributed by atoms with van der Waals surface area (Å²) in [6.45, 7) is 1.88. The highest BCUT2D eigenvalue weighted by Crippen LogP contribution is 2.44. The Hall–Kier alpha value is -3.40. The zero-order chi connectivity index (χ0) is 20.0. The van der Waals surface area contributed by atoms with Crippen LogP contribution in [0.4, 0.5) is 0 Å². The number of aryl methyl sites for hydroxylation is 1. The number of methoxy groups -OCH3 is 2. The Morgan fingerprint density at radius 1 is 1.21 bits per heavy atom. The molecular formula is C21H21N3O4. The fraction of sp³-hybridized carbons (Fsp3) is 0.333. The second-order valence-corrected chi connectivity index (χ2v) is 7.01. The summed E-state index contributed by atoms with van der Waals surface area (Å²) in [5.41, 5.74) is 8.07. The molecule has 0 bridgehead atoms. The van der Waals surface area contributed by atoms with Gasteiger partial charge in [-0.2, -0.15) is 5.26 Å². The third-order valence-electron chi connectivity index (χ3n) is 5.27. The van der Waals surface area contributed by atoms with Crippen molar-refractivity contribution in [2.24, 2.45) is 5.73 Å². The van der Waals surface area contributed by atoms with Crippen LogP contribution in [-0.4, -0.2) is 18.8 Å². The SMILES string of the molecule is COc1ccc(C2C(C#N)=C(N)Oc3cc(C)n(C4CC4)c(=O)c32)cc1OC. The summed E-state index contributed by atoms with van der Waals surface area (Å²) in [5, 5.41) is 9.75. The minimum Gasteiger partial charge on any atom is -0.493 e. The molecule has 2 N–H and O–H groups in total. The molecule has 1 aliphatic heterocycles. The first-order chi connectivity index (χ1) is 13.5. The molecule has 144 valence electrons. The summed E-state index contributed by atoms with van der Waals surface area (Å²) < 4.78 is 18.2. The van der Waals surface area contributed by atoms with Crippen molar-refractivity contribution in [1.29, 1.82) is 5.26 Å². The average Bonchev–Trinajstić information content (AvgIpc) is 3.51. The Balaban J connectivity index is 1.98. The minimum absolute atomic E-state index is 0.0118. The van der Waals surface area contributed by atoms with Crippen molar-refractivity contribution in [3.8, 4) is 23.3 Å². The molecule has 2 heterocycles. The van der Waals surface area contributed by atoms with Gasteiger partial charge in [-0.1, -0.05) is 6.07 Å². The van der Waals surface area contributed by atoms with Gasteiger partial charge in [-0.15, -0.1) is 0 Å². The van der Waals surface area contributed by atoms with Crippen molar-refractivity contribution in [1.82, 2.24) is 4.57 Å². The van der Waals surface area contributed by atoms with E-state index < -0.39 is 5.92 Å². The van der Waals surface area contributed by atoms with E-state index in [0.29, 0.717) is 28.4 Å². The van der Waals surface area contributed by atoms with Crippen LogP contribution in [0.25, 0.3) is 0 Å². The number of benzene rings is 1. The van der Waals surface area contributed by atoms with Crippen LogP contribution >= 0.6 is 0 Å². The highest BCUT2D eigenvalue weighted by atomic mass is 16.5. The lowest BCUT2D eigenvalue weighted by atomic mass is 9.84. The monoisotopic (exact) mass is 379 g/mol. The standard InChI is InChI=1S/C21H21N3O4/c1-11-8-17-19(21(25)24(11)13-5-6-13)18(14(10-22)20(23)28-17)12-4-7-15(26-2)16(9-12)27-3/h4,7-9,13,18H,5-6,23H2,1-3H3. The highest BCUT2D eigenvalue weighted by Gasteiger charge is 2.37. The lowest BCUT2D eigenvalue weighted by molar-refractivity contribution is 0.354. The number of nitriles is 1. The first kappa shape index (κ1) is 18.0. The number of ether oxygens (including phenoxy) is 3. The molecule has 1 aliphatic carbocycles. The maximum atomic E-state index is 13.4. The van der Waals surface area contributed by atoms with Crippen LogP contribution in [0.15, 0.2) is 40.5 Å². The zero-order valence-corrected chi connectivity index (χ0v) is 16.0. The van der Waals surface area contributed by atoms with Crippen molar-refractivity contribution in [2.45, 2.75) is 31.7 Å². The average molecular weight is 379 g/mol. The maximum absolute atomic E-state index is 13.4. The number of rotatable bonds is 4. The first-order valence-corrected chi connectivity index (χ1v) is 9.05. The largest absolute Gasteiger partial charge is 0.493 e. The maximum Gasteiger partial charge on any atom is 0.258 e. The van der Waals surface area contributed by atoms with E-state index in [2.05, 4.69) is 6.07 Å². The van der Waals surface area contributed by atoms with Crippen molar-refractivity contribution in [3.63, 3.8) is 0 Å². The summed E-state index contributed by atoms with van der Waals surface area (Å²) in [7, 11) is 3.09. The topological polar surface area (TPSA) is 99.5 Å². The lowest BCUT2D eigenvalue weighted by Gasteiger charge is -2.27. The van der Waals surface area contributed by atoms with Crippen molar-refractivity contribution in [2.75, 3.05) is 14.2 Å². The number of nitrogens with two attached hydrogens (primary N) is 1. The van der Waals surface area contributed by atoms with E-state index in [4.69, 9.17) is 19.9 Å². The quantitative estimate of drug-likeness (QED) is 0.877. The number of hydrogen-bond donors (Lipinski definition) is 1. The molecule has 1 saturated carbocycles. The molecule has 7 heteroatoms. The molecule has 0 amide bonds. The molecule has 1 atom stereocenters. The first-order valence-electron chi connectivity index (χ1n) is 9.05. The number of pyridine rings is 1. The minimum atomic E-state index is -0.633. The molecule has 0 radical (unpaired) electrons. The van der Waals surface area contributed by atoms with Gasteiger partial charge in [0.05, 0.1) is 25.7 Å². The predicted molar refractivity (Wildman–Crippen MR) is 103 cm³/mol. The van der Waals surface area contributed by atoms with Crippen molar-refractivity contribution >= 4 is 0 Å². The third-order valence-corrected chi connectivity index (χ3v) is 5.27. The lowest BCUT2D eigenvalue weighted by Crippen LogP contribution is -2.32. The summed E-state index contributed by atoms with van der Waals surface area (Å²) >= 11 is 0. The van der Waals surface area contributed by atoms with Gasteiger partial charge in [0.2, 0.25) is 5.88 Å². The molecule has 1 aromatic heterocycles. The Morgan fingerprint density at radius 3 is 2.54 bits per heavy atom. The predicted octanol–water partition coefficient (Wildman–Crippen LogP) is 2.73. The van der Waals surface area contributed by atoms with Gasteiger partial charge in [-0.05, 0) is 37.5 Å². The molecular weight excluding hydrogens is 358 g/mol. The number of allylic oxidation sites excluding steroid dienone is 1. The van der Waals surface area contributed by atoms with Crippen LogP contribution < -0.4 is 25.5 Å². The zero-order valence-electron chi connectivity index (χ0n) is 16.0. The fourth-order valence-electron chi connectivity index (χ4n) is 3.81. The van der Waals surface area contributed by atoms with Crippen LogP contribution in [0, 0.1) is 18.3 Å². The van der Waals surface area contributed by atoms with Crippen LogP contribution in [0.5, 0.6) is 17.2 Å². The van der Waals surface area contributed by atoms with E-state index in [1.54, 1.807) is 30.9 Å². The van der Waals surface area contributed by atoms with Crippen LogP contribution in [-0.2, 0) is 0 Å². The fourth-order valence-corrected chi connectivity index (χ4v) is 3.81. The summed E-state index contributed by atoms with van der Waals surface area (Å²) in [6, 6.07) is 9.49. The van der Waals surface area contributed by atoms with E-state index in [9.17, 15) is 10.1 Å². The molecule has 2 aliphatic rings. The van der Waals surface area contributed by atoms with Gasteiger partial charge in [-0.3, -0.25) is 4.79 Å². The highest BCUT2D eigenvalue weighted by molar-refractivity contribution is 5.57. The number of hydrogen-bond acceptors (Lipinski definition) is 6. The molecule has 0 spiro atoms. The van der Waals surface area contributed by atoms with Gasteiger partial charge in [0.1, 0.15) is 17.4 Å².